The summed E-state index contributed by atoms with van der Waals surface area (Å²) in [6.45, 7) is 7.48. The maximum atomic E-state index is 12.7. The second kappa shape index (κ2) is 7.13. The van der Waals surface area contributed by atoms with Gasteiger partial charge in [-0.05, 0) is 50.9 Å². The molecule has 1 aromatic carbocycles. The lowest BCUT2D eigenvalue weighted by Gasteiger charge is -2.23. The first-order valence-electron chi connectivity index (χ1n) is 8.49. The molecule has 1 amide bonds. The number of aromatic nitrogens is 3. The minimum atomic E-state index is 0.0629. The Morgan fingerprint density at radius 2 is 2.08 bits per heavy atom. The summed E-state index contributed by atoms with van der Waals surface area (Å²) in [5, 5.41) is 7.62. The molecule has 3 rings (SSSR count). The number of carbonyl (C=O) groups excluding carboxylic acids is 1. The van der Waals surface area contributed by atoms with Crippen LogP contribution in [0, 0.1) is 5.92 Å². The van der Waals surface area contributed by atoms with Crippen LogP contribution in [-0.2, 0) is 0 Å². The van der Waals surface area contributed by atoms with Crippen molar-refractivity contribution in [2.45, 2.75) is 26.3 Å². The fourth-order valence-corrected chi connectivity index (χ4v) is 3.30. The average Bonchev–Trinajstić information content (AvgIpc) is 3.26. The van der Waals surface area contributed by atoms with E-state index in [1.54, 1.807) is 17.2 Å². The van der Waals surface area contributed by atoms with Crippen LogP contribution in [0.15, 0.2) is 36.9 Å². The Morgan fingerprint density at radius 1 is 1.33 bits per heavy atom. The minimum absolute atomic E-state index is 0.0629. The third-order valence-electron chi connectivity index (χ3n) is 4.74. The van der Waals surface area contributed by atoms with Crippen LogP contribution < -0.4 is 0 Å². The molecular weight excluding hydrogens is 302 g/mol. The molecule has 24 heavy (non-hydrogen) atoms. The largest absolute Gasteiger partial charge is 0.341 e. The highest BCUT2D eigenvalue weighted by molar-refractivity contribution is 5.94. The van der Waals surface area contributed by atoms with Crippen LogP contribution in [0.4, 0.5) is 0 Å². The first-order valence-corrected chi connectivity index (χ1v) is 8.49. The second-order valence-electron chi connectivity index (χ2n) is 6.85. The van der Waals surface area contributed by atoms with Gasteiger partial charge in [-0.15, -0.1) is 10.2 Å². The van der Waals surface area contributed by atoms with Gasteiger partial charge in [0.05, 0.1) is 0 Å². The van der Waals surface area contributed by atoms with E-state index in [2.05, 4.69) is 28.9 Å². The van der Waals surface area contributed by atoms with Gasteiger partial charge in [0.15, 0.2) is 0 Å². The van der Waals surface area contributed by atoms with Crippen molar-refractivity contribution in [3.05, 3.63) is 42.5 Å². The van der Waals surface area contributed by atoms with E-state index in [1.807, 2.05) is 36.2 Å². The minimum Gasteiger partial charge on any atom is -0.341 e. The van der Waals surface area contributed by atoms with Gasteiger partial charge in [0.2, 0.25) is 0 Å². The van der Waals surface area contributed by atoms with E-state index in [-0.39, 0.29) is 5.91 Å². The Kier molecular flexibility index (Phi) is 4.94. The molecule has 128 valence electrons. The number of likely N-dealkylation sites (tertiary alicyclic amines) is 1. The van der Waals surface area contributed by atoms with Crippen LogP contribution in [0.3, 0.4) is 0 Å². The highest BCUT2D eigenvalue weighted by Crippen LogP contribution is 2.20. The Bertz CT molecular complexity index is 682. The van der Waals surface area contributed by atoms with Crippen LogP contribution in [0.25, 0.3) is 5.69 Å². The van der Waals surface area contributed by atoms with E-state index >= 15 is 0 Å². The van der Waals surface area contributed by atoms with Gasteiger partial charge in [-0.1, -0.05) is 6.07 Å². The molecule has 6 heteroatoms. The summed E-state index contributed by atoms with van der Waals surface area (Å²) >= 11 is 0. The molecule has 1 aromatic heterocycles. The van der Waals surface area contributed by atoms with Crippen LogP contribution in [0.5, 0.6) is 0 Å². The van der Waals surface area contributed by atoms with E-state index < -0.39 is 0 Å². The van der Waals surface area contributed by atoms with Gasteiger partial charge in [-0.25, -0.2) is 0 Å². The number of hydrogen-bond acceptors (Lipinski definition) is 4. The molecule has 1 saturated heterocycles. The topological polar surface area (TPSA) is 54.3 Å². The molecule has 0 spiro atoms. The second-order valence-corrected chi connectivity index (χ2v) is 6.85. The number of nitrogens with zero attached hydrogens (tertiary/aromatic N) is 5. The van der Waals surface area contributed by atoms with Crippen molar-refractivity contribution in [1.82, 2.24) is 24.6 Å². The summed E-state index contributed by atoms with van der Waals surface area (Å²) in [6, 6.07) is 8.17. The highest BCUT2D eigenvalue weighted by Gasteiger charge is 2.26. The molecule has 0 N–H and O–H groups in total. The quantitative estimate of drug-likeness (QED) is 0.844. The molecule has 1 atom stereocenters. The van der Waals surface area contributed by atoms with E-state index in [1.165, 1.54) is 0 Å². The Labute approximate surface area is 143 Å². The molecule has 6 nitrogen and oxygen atoms in total. The first kappa shape index (κ1) is 16.6. The van der Waals surface area contributed by atoms with Gasteiger partial charge in [-0.3, -0.25) is 9.36 Å². The van der Waals surface area contributed by atoms with E-state index in [4.69, 9.17) is 0 Å². The summed E-state index contributed by atoms with van der Waals surface area (Å²) < 4.78 is 1.80. The smallest absolute Gasteiger partial charge is 0.253 e. The SMILES string of the molecule is CC(C)N1CCC(CN(C)C(=O)c2cccc(-n3cnnc3)c2)C1. The zero-order valence-corrected chi connectivity index (χ0v) is 14.6. The number of rotatable bonds is 5. The predicted octanol–water partition coefficient (Wildman–Crippen LogP) is 2.07. The summed E-state index contributed by atoms with van der Waals surface area (Å²) in [4.78, 5) is 17.1. The fraction of sp³-hybridized carbons (Fsp3) is 0.500. The zero-order valence-electron chi connectivity index (χ0n) is 14.6. The fourth-order valence-electron chi connectivity index (χ4n) is 3.30. The molecular formula is C18H25N5O. The lowest BCUT2D eigenvalue weighted by molar-refractivity contribution is 0.0772. The number of carbonyl (C=O) groups is 1. The van der Waals surface area contributed by atoms with E-state index in [9.17, 15) is 4.79 Å². The third kappa shape index (κ3) is 3.64. The van der Waals surface area contributed by atoms with Crippen molar-refractivity contribution in [1.29, 1.82) is 0 Å². The van der Waals surface area contributed by atoms with Gasteiger partial charge in [0, 0.05) is 37.4 Å². The van der Waals surface area contributed by atoms with Gasteiger partial charge in [0.25, 0.3) is 5.91 Å². The zero-order chi connectivity index (χ0) is 17.1. The summed E-state index contributed by atoms with van der Waals surface area (Å²) in [5.41, 5.74) is 1.59. The van der Waals surface area contributed by atoms with Gasteiger partial charge < -0.3 is 9.80 Å². The molecule has 1 unspecified atom stereocenters. The van der Waals surface area contributed by atoms with Gasteiger partial charge >= 0.3 is 0 Å². The average molecular weight is 327 g/mol. The third-order valence-corrected chi connectivity index (χ3v) is 4.74. The predicted molar refractivity (Wildman–Crippen MR) is 93.1 cm³/mol. The van der Waals surface area contributed by atoms with Crippen LogP contribution >= 0.6 is 0 Å². The monoisotopic (exact) mass is 327 g/mol. The first-order chi connectivity index (χ1) is 11.5. The van der Waals surface area contributed by atoms with Crippen molar-refractivity contribution < 1.29 is 4.79 Å². The summed E-state index contributed by atoms with van der Waals surface area (Å²) in [5.74, 6) is 0.621. The van der Waals surface area contributed by atoms with Crippen LogP contribution in [0.2, 0.25) is 0 Å². The highest BCUT2D eigenvalue weighted by atomic mass is 16.2. The maximum Gasteiger partial charge on any atom is 0.253 e. The molecule has 1 fully saturated rings. The van der Waals surface area contributed by atoms with E-state index in [0.29, 0.717) is 17.5 Å². The molecule has 1 aliphatic rings. The molecule has 0 saturated carbocycles. The van der Waals surface area contributed by atoms with Crippen molar-refractivity contribution >= 4 is 5.91 Å². The number of benzene rings is 1. The standard InChI is InChI=1S/C18H25N5O/c1-14(2)22-8-7-15(11-22)10-21(3)18(24)16-5-4-6-17(9-16)23-12-19-20-13-23/h4-6,9,12-15H,7-8,10-11H2,1-3H3. The van der Waals surface area contributed by atoms with Crippen molar-refractivity contribution in [2.75, 3.05) is 26.7 Å². The lowest BCUT2D eigenvalue weighted by atomic mass is 10.1. The van der Waals surface area contributed by atoms with Crippen molar-refractivity contribution in [3.8, 4) is 5.69 Å². The Hall–Kier alpha value is -2.21. The number of amides is 1. The Balaban J connectivity index is 1.65. The number of hydrogen-bond donors (Lipinski definition) is 0. The van der Waals surface area contributed by atoms with Crippen LogP contribution in [0.1, 0.15) is 30.6 Å². The molecule has 0 bridgehead atoms. The van der Waals surface area contributed by atoms with Crippen LogP contribution in [-0.4, -0.2) is 63.2 Å². The molecule has 1 aliphatic heterocycles. The van der Waals surface area contributed by atoms with Gasteiger partial charge in [-0.2, -0.15) is 0 Å². The normalized spacial score (nSPS) is 18.2. The maximum absolute atomic E-state index is 12.7. The molecule has 2 aromatic rings. The van der Waals surface area contributed by atoms with Crippen molar-refractivity contribution in [3.63, 3.8) is 0 Å². The van der Waals surface area contributed by atoms with Gasteiger partial charge in [0.1, 0.15) is 12.7 Å². The molecule has 2 heterocycles. The lowest BCUT2D eigenvalue weighted by Crippen LogP contribution is -2.34. The van der Waals surface area contributed by atoms with Crippen molar-refractivity contribution in [2.24, 2.45) is 5.92 Å². The van der Waals surface area contributed by atoms with E-state index in [0.717, 1.165) is 31.7 Å². The summed E-state index contributed by atoms with van der Waals surface area (Å²) in [7, 11) is 1.89. The Morgan fingerprint density at radius 3 is 2.75 bits per heavy atom. The molecule has 0 radical (unpaired) electrons. The summed E-state index contributed by atoms with van der Waals surface area (Å²) in [6.07, 6.45) is 4.43. The molecule has 0 aliphatic carbocycles.